The largest absolute Gasteiger partial charge is 0.312 e. The SMILES string of the molecule is CN(C)C.Fc1ccc2c(c1)CC(CCS)c1ccccc1C2. The predicted octanol–water partition coefficient (Wildman–Crippen LogP) is 4.55. The number of thiol groups is 1. The van der Waals surface area contributed by atoms with Gasteiger partial charge in [0.2, 0.25) is 0 Å². The van der Waals surface area contributed by atoms with E-state index >= 15 is 0 Å². The summed E-state index contributed by atoms with van der Waals surface area (Å²) in [5, 5.41) is 0. The van der Waals surface area contributed by atoms with E-state index in [-0.39, 0.29) is 5.82 Å². The van der Waals surface area contributed by atoms with E-state index in [1.165, 1.54) is 16.7 Å². The van der Waals surface area contributed by atoms with Gasteiger partial charge in [0, 0.05) is 0 Å². The molecule has 1 nitrogen and oxygen atoms in total. The highest BCUT2D eigenvalue weighted by molar-refractivity contribution is 7.80. The fourth-order valence-electron chi connectivity index (χ4n) is 3.04. The number of hydrogen-bond acceptors (Lipinski definition) is 2. The summed E-state index contributed by atoms with van der Waals surface area (Å²) < 4.78 is 13.5. The molecule has 0 aliphatic heterocycles. The Morgan fingerprint density at radius 1 is 1.04 bits per heavy atom. The van der Waals surface area contributed by atoms with Crippen molar-refractivity contribution in [3.63, 3.8) is 0 Å². The Balaban J connectivity index is 0.000000433. The second-order valence-electron chi connectivity index (χ2n) is 6.54. The molecule has 2 aromatic carbocycles. The lowest BCUT2D eigenvalue weighted by Crippen LogP contribution is -2.04. The van der Waals surface area contributed by atoms with Gasteiger partial charge in [-0.2, -0.15) is 12.6 Å². The van der Waals surface area contributed by atoms with E-state index in [4.69, 9.17) is 0 Å². The van der Waals surface area contributed by atoms with Gasteiger partial charge in [0.15, 0.2) is 0 Å². The Hall–Kier alpha value is -1.32. The van der Waals surface area contributed by atoms with Crippen LogP contribution in [0.4, 0.5) is 4.39 Å². The first-order valence-electron chi connectivity index (χ1n) is 8.08. The van der Waals surface area contributed by atoms with Crippen LogP contribution >= 0.6 is 12.6 Å². The molecule has 3 rings (SSSR count). The van der Waals surface area contributed by atoms with Crippen LogP contribution in [0.25, 0.3) is 0 Å². The number of benzene rings is 2. The van der Waals surface area contributed by atoms with Crippen molar-refractivity contribution < 1.29 is 4.39 Å². The zero-order chi connectivity index (χ0) is 16.8. The van der Waals surface area contributed by atoms with Crippen molar-refractivity contribution >= 4 is 12.6 Å². The molecule has 0 spiro atoms. The summed E-state index contributed by atoms with van der Waals surface area (Å²) in [6, 6.07) is 13.8. The van der Waals surface area contributed by atoms with Crippen LogP contribution in [0.15, 0.2) is 42.5 Å². The molecule has 1 unspecified atom stereocenters. The Morgan fingerprint density at radius 3 is 2.43 bits per heavy atom. The monoisotopic (exact) mass is 331 g/mol. The van der Waals surface area contributed by atoms with E-state index in [2.05, 4.69) is 36.9 Å². The Kier molecular flexibility index (Phi) is 6.67. The molecule has 0 saturated carbocycles. The zero-order valence-corrected chi connectivity index (χ0v) is 15.1. The minimum absolute atomic E-state index is 0.130. The molecular weight excluding hydrogens is 305 g/mol. The Bertz CT molecular complexity index is 637. The second-order valence-corrected chi connectivity index (χ2v) is 6.99. The normalized spacial score (nSPS) is 16.0. The molecule has 0 saturated heterocycles. The van der Waals surface area contributed by atoms with Crippen LogP contribution in [0.5, 0.6) is 0 Å². The molecule has 23 heavy (non-hydrogen) atoms. The van der Waals surface area contributed by atoms with E-state index in [9.17, 15) is 4.39 Å². The van der Waals surface area contributed by atoms with Crippen molar-refractivity contribution in [1.29, 1.82) is 0 Å². The number of nitrogens with zero attached hydrogens (tertiary/aromatic N) is 1. The van der Waals surface area contributed by atoms with Crippen molar-refractivity contribution in [2.24, 2.45) is 0 Å². The van der Waals surface area contributed by atoms with E-state index in [1.807, 2.05) is 32.1 Å². The lowest BCUT2D eigenvalue weighted by Gasteiger charge is -2.16. The second kappa shape index (κ2) is 8.51. The highest BCUT2D eigenvalue weighted by Gasteiger charge is 2.21. The average molecular weight is 332 g/mol. The maximum Gasteiger partial charge on any atom is 0.123 e. The van der Waals surface area contributed by atoms with Crippen molar-refractivity contribution in [3.05, 3.63) is 70.5 Å². The van der Waals surface area contributed by atoms with Gasteiger partial charge in [-0.15, -0.1) is 0 Å². The van der Waals surface area contributed by atoms with Crippen molar-refractivity contribution in [3.8, 4) is 0 Å². The van der Waals surface area contributed by atoms with Crippen molar-refractivity contribution in [2.75, 3.05) is 26.9 Å². The van der Waals surface area contributed by atoms with Crippen LogP contribution in [0.3, 0.4) is 0 Å². The fraction of sp³-hybridized carbons (Fsp3) is 0.400. The van der Waals surface area contributed by atoms with Crippen molar-refractivity contribution in [2.45, 2.75) is 25.2 Å². The average Bonchev–Trinajstić information content (AvgIpc) is 2.64. The Morgan fingerprint density at radius 2 is 1.74 bits per heavy atom. The summed E-state index contributed by atoms with van der Waals surface area (Å²) in [4.78, 5) is 2.00. The summed E-state index contributed by atoms with van der Waals surface area (Å²) in [5.74, 6) is 1.19. The summed E-state index contributed by atoms with van der Waals surface area (Å²) in [5.41, 5.74) is 5.20. The minimum atomic E-state index is -0.130. The van der Waals surface area contributed by atoms with E-state index < -0.39 is 0 Å². The topological polar surface area (TPSA) is 3.24 Å². The molecule has 1 atom stereocenters. The van der Waals surface area contributed by atoms with Crippen LogP contribution in [0.2, 0.25) is 0 Å². The van der Waals surface area contributed by atoms with E-state index in [1.54, 1.807) is 12.1 Å². The molecule has 0 bridgehead atoms. The van der Waals surface area contributed by atoms with Gasteiger partial charge in [0.25, 0.3) is 0 Å². The molecule has 0 heterocycles. The summed E-state index contributed by atoms with van der Waals surface area (Å²) in [6.07, 6.45) is 2.87. The lowest BCUT2D eigenvalue weighted by molar-refractivity contribution is 0.505. The first kappa shape index (κ1) is 18.0. The van der Waals surface area contributed by atoms with Crippen LogP contribution < -0.4 is 0 Å². The molecule has 0 fully saturated rings. The maximum absolute atomic E-state index is 13.5. The quantitative estimate of drug-likeness (QED) is 0.790. The molecule has 1 aliphatic carbocycles. The molecule has 0 amide bonds. The highest BCUT2D eigenvalue weighted by atomic mass is 32.1. The first-order chi connectivity index (χ1) is 11.0. The van der Waals surface area contributed by atoms with Gasteiger partial charge in [-0.1, -0.05) is 30.3 Å². The molecule has 0 aromatic heterocycles. The molecule has 0 N–H and O–H groups in total. The van der Waals surface area contributed by atoms with Gasteiger partial charge in [-0.25, -0.2) is 4.39 Å². The van der Waals surface area contributed by atoms with Gasteiger partial charge in [0.1, 0.15) is 5.82 Å². The fourth-order valence-corrected chi connectivity index (χ4v) is 3.36. The zero-order valence-electron chi connectivity index (χ0n) is 14.2. The minimum Gasteiger partial charge on any atom is -0.312 e. The number of halogens is 1. The van der Waals surface area contributed by atoms with E-state index in [0.717, 1.165) is 30.6 Å². The van der Waals surface area contributed by atoms with Gasteiger partial charge in [-0.3, -0.25) is 0 Å². The first-order valence-corrected chi connectivity index (χ1v) is 8.71. The van der Waals surface area contributed by atoms with Crippen LogP contribution in [-0.4, -0.2) is 31.8 Å². The summed E-state index contributed by atoms with van der Waals surface area (Å²) >= 11 is 4.37. The molecule has 3 heteroatoms. The molecule has 0 radical (unpaired) electrons. The van der Waals surface area contributed by atoms with Crippen LogP contribution in [0, 0.1) is 5.82 Å². The van der Waals surface area contributed by atoms with Gasteiger partial charge in [-0.05, 0) is 86.5 Å². The third-order valence-electron chi connectivity index (χ3n) is 3.99. The molecule has 124 valence electrons. The summed E-state index contributed by atoms with van der Waals surface area (Å²) in [6.45, 7) is 0. The number of hydrogen-bond donors (Lipinski definition) is 1. The third kappa shape index (κ3) is 5.08. The van der Waals surface area contributed by atoms with Crippen LogP contribution in [-0.2, 0) is 12.8 Å². The Labute approximate surface area is 144 Å². The van der Waals surface area contributed by atoms with Crippen molar-refractivity contribution in [1.82, 2.24) is 4.90 Å². The standard InChI is InChI=1S/C17H17FS.C3H9N/c18-16-6-5-12-9-13-3-1-2-4-17(13)14(7-8-19)10-15(12)11-16;1-4(2)3/h1-6,11,14,19H,7-10H2;1-3H3. The van der Waals surface area contributed by atoms with Gasteiger partial charge < -0.3 is 4.90 Å². The molecule has 2 aromatic rings. The maximum atomic E-state index is 13.5. The molecular formula is C20H26FNS. The van der Waals surface area contributed by atoms with E-state index in [0.29, 0.717) is 5.92 Å². The smallest absolute Gasteiger partial charge is 0.123 e. The lowest BCUT2D eigenvalue weighted by atomic mass is 9.89. The molecule has 1 aliphatic rings. The van der Waals surface area contributed by atoms with Crippen LogP contribution in [0.1, 0.15) is 34.6 Å². The third-order valence-corrected chi connectivity index (χ3v) is 4.25. The number of rotatable bonds is 2. The predicted molar refractivity (Wildman–Crippen MR) is 100 cm³/mol. The highest BCUT2D eigenvalue weighted by Crippen LogP contribution is 2.34. The van der Waals surface area contributed by atoms with Gasteiger partial charge in [0.05, 0.1) is 0 Å². The summed E-state index contributed by atoms with van der Waals surface area (Å²) in [7, 11) is 6.00. The number of fused-ring (bicyclic) bond motifs is 2. The van der Waals surface area contributed by atoms with Gasteiger partial charge >= 0.3 is 0 Å².